The first-order valence-corrected chi connectivity index (χ1v) is 15.5. The number of amides is 3. The van der Waals surface area contributed by atoms with Gasteiger partial charge in [0, 0.05) is 23.1 Å². The van der Waals surface area contributed by atoms with Gasteiger partial charge in [0.25, 0.3) is 5.91 Å². The summed E-state index contributed by atoms with van der Waals surface area (Å²) in [4.78, 5) is 44.4. The van der Waals surface area contributed by atoms with E-state index in [0.717, 1.165) is 43.8 Å². The highest BCUT2D eigenvalue weighted by Crippen LogP contribution is 2.63. The lowest BCUT2D eigenvalue weighted by molar-refractivity contribution is -0.122. The molecule has 1 N–H and O–H groups in total. The molecule has 0 unspecified atom stereocenters. The van der Waals surface area contributed by atoms with E-state index in [1.54, 1.807) is 12.3 Å². The van der Waals surface area contributed by atoms with Crippen LogP contribution in [0.5, 0.6) is 0 Å². The van der Waals surface area contributed by atoms with E-state index in [-0.39, 0.29) is 23.6 Å². The standard InChI is InChI=1S/C40H27N3O3/c44-37(28-19-9-13-24-11-1-3-15-26(24)28)42-41-23-40-31-20-7-5-17-29(31)34(30-18-6-8-21-32(30)40)35-36(40)39(46)43(38(35)45)33-22-10-14-25-12-2-4-16-27(25)33/h1-23,34-36H,(H,42,44)/b41-23-/t34?,35-,36-,40?/m0/s1. The normalized spacial score (nSPS) is 22.7. The number of hydrogen-bond donors (Lipinski definition) is 1. The molecule has 0 aromatic heterocycles. The molecule has 1 aliphatic heterocycles. The maximum absolute atomic E-state index is 14.8. The van der Waals surface area contributed by atoms with Crippen molar-refractivity contribution in [3.8, 4) is 0 Å². The van der Waals surface area contributed by atoms with Crippen LogP contribution in [0.4, 0.5) is 5.69 Å². The summed E-state index contributed by atoms with van der Waals surface area (Å²) in [7, 11) is 0. The van der Waals surface area contributed by atoms with Crippen LogP contribution in [0.2, 0.25) is 0 Å². The molecule has 3 amide bonds. The summed E-state index contributed by atoms with van der Waals surface area (Å²) in [6, 6.07) is 42.9. The summed E-state index contributed by atoms with van der Waals surface area (Å²) >= 11 is 0. The fourth-order valence-electron chi connectivity index (χ4n) is 8.37. The number of anilines is 1. The van der Waals surface area contributed by atoms with E-state index in [1.165, 1.54) is 4.90 Å². The van der Waals surface area contributed by atoms with Gasteiger partial charge in [0.05, 0.1) is 22.9 Å². The number of fused-ring (bicyclic) bond motifs is 2. The van der Waals surface area contributed by atoms with Crippen molar-refractivity contribution >= 4 is 51.2 Å². The number of benzene rings is 6. The van der Waals surface area contributed by atoms with E-state index >= 15 is 0 Å². The Balaban J connectivity index is 1.21. The van der Waals surface area contributed by atoms with Gasteiger partial charge in [-0.1, -0.05) is 121 Å². The second kappa shape index (κ2) is 9.81. The summed E-state index contributed by atoms with van der Waals surface area (Å²) in [5.41, 5.74) is 6.68. The fourth-order valence-corrected chi connectivity index (χ4v) is 8.37. The molecule has 3 aliphatic carbocycles. The Kier molecular flexibility index (Phi) is 5.66. The van der Waals surface area contributed by atoms with Crippen molar-refractivity contribution < 1.29 is 14.4 Å². The number of rotatable bonds is 4. The van der Waals surface area contributed by atoms with E-state index in [2.05, 4.69) is 22.7 Å². The molecule has 46 heavy (non-hydrogen) atoms. The van der Waals surface area contributed by atoms with Gasteiger partial charge >= 0.3 is 0 Å². The first kappa shape index (κ1) is 26.5. The van der Waals surface area contributed by atoms with Gasteiger partial charge in [-0.15, -0.1) is 0 Å². The van der Waals surface area contributed by atoms with Crippen LogP contribution in [0.3, 0.4) is 0 Å². The largest absolute Gasteiger partial charge is 0.274 e. The minimum atomic E-state index is -1.08. The highest BCUT2D eigenvalue weighted by Gasteiger charge is 2.68. The number of carbonyl (C=O) groups is 3. The summed E-state index contributed by atoms with van der Waals surface area (Å²) in [6.45, 7) is 0. The molecular formula is C40H27N3O3. The van der Waals surface area contributed by atoms with E-state index < -0.39 is 17.3 Å². The third-order valence-electron chi connectivity index (χ3n) is 10.2. The van der Waals surface area contributed by atoms with Gasteiger partial charge in [0.15, 0.2) is 0 Å². The van der Waals surface area contributed by atoms with Crippen LogP contribution < -0.4 is 10.3 Å². The van der Waals surface area contributed by atoms with E-state index in [4.69, 9.17) is 0 Å². The number of nitrogens with one attached hydrogen (secondary N) is 1. The molecule has 220 valence electrons. The van der Waals surface area contributed by atoms with Crippen LogP contribution in [0, 0.1) is 11.8 Å². The van der Waals surface area contributed by atoms with Crippen molar-refractivity contribution in [1.82, 2.24) is 5.43 Å². The average Bonchev–Trinajstić information content (AvgIpc) is 3.38. The van der Waals surface area contributed by atoms with Crippen LogP contribution in [0.1, 0.15) is 38.5 Å². The maximum Gasteiger partial charge on any atom is 0.271 e. The van der Waals surface area contributed by atoms with Crippen LogP contribution in [0.15, 0.2) is 139 Å². The Morgan fingerprint density at radius 2 is 1.22 bits per heavy atom. The summed E-state index contributed by atoms with van der Waals surface area (Å²) in [5.74, 6) is -2.47. The topological polar surface area (TPSA) is 78.8 Å². The second-order valence-corrected chi connectivity index (χ2v) is 12.3. The van der Waals surface area contributed by atoms with Crippen molar-refractivity contribution in [3.63, 3.8) is 0 Å². The summed E-state index contributed by atoms with van der Waals surface area (Å²) < 4.78 is 0. The highest BCUT2D eigenvalue weighted by atomic mass is 16.2. The predicted octanol–water partition coefficient (Wildman–Crippen LogP) is 6.96. The van der Waals surface area contributed by atoms with Crippen molar-refractivity contribution in [1.29, 1.82) is 0 Å². The molecule has 6 nitrogen and oxygen atoms in total. The lowest BCUT2D eigenvalue weighted by Crippen LogP contribution is -2.54. The molecule has 6 heteroatoms. The molecular weight excluding hydrogens is 570 g/mol. The fraction of sp³-hybridized carbons (Fsp3) is 0.100. The number of carbonyl (C=O) groups excluding carboxylic acids is 3. The molecule has 1 saturated heterocycles. The van der Waals surface area contributed by atoms with Gasteiger partial charge < -0.3 is 0 Å². The van der Waals surface area contributed by atoms with E-state index in [9.17, 15) is 14.4 Å². The van der Waals surface area contributed by atoms with Crippen LogP contribution in [0.25, 0.3) is 21.5 Å². The minimum absolute atomic E-state index is 0.210. The lowest BCUT2D eigenvalue weighted by Gasteiger charge is -2.52. The van der Waals surface area contributed by atoms with Crippen molar-refractivity contribution in [3.05, 3.63) is 161 Å². The third kappa shape index (κ3) is 3.47. The van der Waals surface area contributed by atoms with Gasteiger partial charge in [0.2, 0.25) is 11.8 Å². The molecule has 0 radical (unpaired) electrons. The lowest BCUT2D eigenvalue weighted by atomic mass is 9.47. The monoisotopic (exact) mass is 597 g/mol. The van der Waals surface area contributed by atoms with Gasteiger partial charge in [-0.2, -0.15) is 5.10 Å². The maximum atomic E-state index is 14.8. The SMILES string of the molecule is O=C(N/N=C\C12c3ccccc3C(c3ccccc31)[C@@H]1C(=O)N(c3cccc4ccccc34)C(=O)[C@H]12)c1cccc2ccccc12. The molecule has 0 spiro atoms. The quantitative estimate of drug-likeness (QED) is 0.136. The third-order valence-corrected chi connectivity index (χ3v) is 10.2. The Bertz CT molecular complexity index is 2250. The molecule has 6 aromatic rings. The van der Waals surface area contributed by atoms with E-state index in [0.29, 0.717) is 11.3 Å². The van der Waals surface area contributed by atoms with Gasteiger partial charge in [-0.3, -0.25) is 14.4 Å². The highest BCUT2D eigenvalue weighted by molar-refractivity contribution is 6.27. The van der Waals surface area contributed by atoms with E-state index in [1.807, 2.05) is 115 Å². The molecule has 1 heterocycles. The Hall–Kier alpha value is -5.88. The second-order valence-electron chi connectivity index (χ2n) is 12.3. The smallest absolute Gasteiger partial charge is 0.271 e. The molecule has 2 bridgehead atoms. The molecule has 2 atom stereocenters. The number of imide groups is 1. The molecule has 10 rings (SSSR count). The van der Waals surface area contributed by atoms with Crippen molar-refractivity contribution in [2.45, 2.75) is 11.3 Å². The minimum Gasteiger partial charge on any atom is -0.274 e. The summed E-state index contributed by atoms with van der Waals surface area (Å²) in [6.07, 6.45) is 1.71. The van der Waals surface area contributed by atoms with Gasteiger partial charge in [-0.05, 0) is 50.5 Å². The summed E-state index contributed by atoms with van der Waals surface area (Å²) in [5, 5.41) is 8.19. The average molecular weight is 598 g/mol. The molecule has 4 aliphatic rings. The Morgan fingerprint density at radius 1 is 0.652 bits per heavy atom. The van der Waals surface area contributed by atoms with Crippen molar-refractivity contribution in [2.24, 2.45) is 16.9 Å². The molecule has 6 aromatic carbocycles. The number of nitrogens with zero attached hydrogens (tertiary/aromatic N) is 2. The first-order valence-electron chi connectivity index (χ1n) is 15.5. The van der Waals surface area contributed by atoms with Crippen LogP contribution >= 0.6 is 0 Å². The van der Waals surface area contributed by atoms with Gasteiger partial charge in [-0.25, -0.2) is 10.3 Å². The zero-order valence-electron chi connectivity index (χ0n) is 24.6. The zero-order valence-corrected chi connectivity index (χ0v) is 24.6. The molecule has 1 fully saturated rings. The first-order chi connectivity index (χ1) is 22.6. The Morgan fingerprint density at radius 3 is 1.93 bits per heavy atom. The molecule has 0 saturated carbocycles. The number of hydrazone groups is 1. The van der Waals surface area contributed by atoms with Crippen molar-refractivity contribution in [2.75, 3.05) is 4.90 Å². The van der Waals surface area contributed by atoms with Crippen LogP contribution in [-0.4, -0.2) is 23.9 Å². The number of hydrogen-bond acceptors (Lipinski definition) is 4. The Labute approximate surface area is 265 Å². The predicted molar refractivity (Wildman–Crippen MR) is 179 cm³/mol. The van der Waals surface area contributed by atoms with Gasteiger partial charge in [0.1, 0.15) is 0 Å². The zero-order chi connectivity index (χ0) is 31.0. The van der Waals surface area contributed by atoms with Crippen LogP contribution in [-0.2, 0) is 15.0 Å².